The van der Waals surface area contributed by atoms with Gasteiger partial charge < -0.3 is 9.64 Å². The molecule has 28 heavy (non-hydrogen) atoms. The Bertz CT molecular complexity index is 776. The number of hydrogen-bond acceptors (Lipinski definition) is 4. The van der Waals surface area contributed by atoms with Crippen LogP contribution in [0.4, 0.5) is 13.2 Å². The molecule has 2 aliphatic rings. The minimum absolute atomic E-state index is 0.0217. The molecule has 2 aliphatic heterocycles. The van der Waals surface area contributed by atoms with Crippen LogP contribution < -0.4 is 0 Å². The molecule has 3 atom stereocenters. The molecule has 1 saturated heterocycles. The highest BCUT2D eigenvalue weighted by Crippen LogP contribution is 2.31. The molecule has 0 spiro atoms. The molecule has 0 aliphatic carbocycles. The molecule has 0 saturated carbocycles. The number of likely N-dealkylation sites (tertiary alicyclic amines) is 1. The first-order chi connectivity index (χ1) is 13.4. The Balaban J connectivity index is 1.66. The Labute approximate surface area is 161 Å². The molecule has 1 fully saturated rings. The largest absolute Gasteiger partial charge is 0.416 e. The molecule has 1 amide bonds. The minimum Gasteiger partial charge on any atom is -0.371 e. The average molecular weight is 393 g/mol. The van der Waals surface area contributed by atoms with Crippen LogP contribution in [0.5, 0.6) is 0 Å². The van der Waals surface area contributed by atoms with Gasteiger partial charge in [0.15, 0.2) is 0 Å². The molecule has 3 rings (SSSR count). The monoisotopic (exact) mass is 393 g/mol. The van der Waals surface area contributed by atoms with Crippen LogP contribution in [0.1, 0.15) is 17.5 Å². The van der Waals surface area contributed by atoms with Gasteiger partial charge in [-0.25, -0.2) is 0 Å². The molecule has 1 aromatic carbocycles. The van der Waals surface area contributed by atoms with Gasteiger partial charge in [0.2, 0.25) is 5.91 Å². The van der Waals surface area contributed by atoms with Crippen molar-refractivity contribution in [3.8, 4) is 0 Å². The second-order valence-corrected chi connectivity index (χ2v) is 6.96. The van der Waals surface area contributed by atoms with Gasteiger partial charge in [-0.1, -0.05) is 18.7 Å². The highest BCUT2D eigenvalue weighted by Gasteiger charge is 2.37. The van der Waals surface area contributed by atoms with Crippen molar-refractivity contribution in [3.63, 3.8) is 0 Å². The molecule has 5 nitrogen and oxygen atoms in total. The van der Waals surface area contributed by atoms with Crippen molar-refractivity contribution >= 4 is 18.3 Å². The second kappa shape index (κ2) is 8.68. The van der Waals surface area contributed by atoms with Gasteiger partial charge in [-0.15, -0.1) is 0 Å². The van der Waals surface area contributed by atoms with Crippen LogP contribution in [0.15, 0.2) is 46.9 Å². The smallest absolute Gasteiger partial charge is 0.371 e. The SMILES string of the molecule is C=CC(=O)N1C[C@@H](CC2CN=CC=N2)[C@H](OCc2cccc(C(F)(F)F)c2)C1. The van der Waals surface area contributed by atoms with Crippen LogP contribution in [-0.2, 0) is 22.3 Å². The van der Waals surface area contributed by atoms with Crippen molar-refractivity contribution in [2.75, 3.05) is 19.6 Å². The van der Waals surface area contributed by atoms with Crippen LogP contribution in [0.25, 0.3) is 0 Å². The summed E-state index contributed by atoms with van der Waals surface area (Å²) in [5.74, 6) is -0.148. The van der Waals surface area contributed by atoms with E-state index in [0.29, 0.717) is 31.6 Å². The van der Waals surface area contributed by atoms with Gasteiger partial charge in [0.05, 0.1) is 30.9 Å². The lowest BCUT2D eigenvalue weighted by Gasteiger charge is -2.22. The Kier molecular flexibility index (Phi) is 6.28. The first-order valence-corrected chi connectivity index (χ1v) is 9.07. The number of halogens is 3. The number of aliphatic imine (C=N–C) groups is 2. The minimum atomic E-state index is -4.39. The predicted molar refractivity (Wildman–Crippen MR) is 101 cm³/mol. The van der Waals surface area contributed by atoms with E-state index in [-0.39, 0.29) is 30.6 Å². The summed E-state index contributed by atoms with van der Waals surface area (Å²) in [4.78, 5) is 22.3. The molecule has 150 valence electrons. The summed E-state index contributed by atoms with van der Waals surface area (Å²) in [6.45, 7) is 5.04. The van der Waals surface area contributed by atoms with Crippen LogP contribution in [0, 0.1) is 5.92 Å². The number of hydrogen-bond donors (Lipinski definition) is 0. The van der Waals surface area contributed by atoms with Crippen molar-refractivity contribution < 1.29 is 22.7 Å². The molecule has 0 bridgehead atoms. The fourth-order valence-corrected chi connectivity index (χ4v) is 3.53. The van der Waals surface area contributed by atoms with E-state index in [9.17, 15) is 18.0 Å². The molecular weight excluding hydrogens is 371 g/mol. The summed E-state index contributed by atoms with van der Waals surface area (Å²) in [5.41, 5.74) is -0.253. The third-order valence-corrected chi connectivity index (χ3v) is 4.95. The van der Waals surface area contributed by atoms with Crippen LogP contribution in [-0.4, -0.2) is 55.0 Å². The molecule has 0 radical (unpaired) electrons. The zero-order chi connectivity index (χ0) is 20.1. The molecule has 1 unspecified atom stereocenters. The first-order valence-electron chi connectivity index (χ1n) is 9.07. The van der Waals surface area contributed by atoms with Crippen molar-refractivity contribution in [3.05, 3.63) is 48.0 Å². The van der Waals surface area contributed by atoms with E-state index < -0.39 is 11.7 Å². The van der Waals surface area contributed by atoms with Crippen molar-refractivity contribution in [2.24, 2.45) is 15.9 Å². The summed E-state index contributed by atoms with van der Waals surface area (Å²) < 4.78 is 44.6. The normalized spacial score (nSPS) is 24.5. The number of alkyl halides is 3. The summed E-state index contributed by atoms with van der Waals surface area (Å²) >= 11 is 0. The quantitative estimate of drug-likeness (QED) is 0.698. The lowest BCUT2D eigenvalue weighted by molar-refractivity contribution is -0.137. The van der Waals surface area contributed by atoms with E-state index in [2.05, 4.69) is 16.6 Å². The lowest BCUT2D eigenvalue weighted by atomic mass is 9.96. The maximum absolute atomic E-state index is 12.9. The van der Waals surface area contributed by atoms with Gasteiger partial charge in [0.25, 0.3) is 0 Å². The van der Waals surface area contributed by atoms with Gasteiger partial charge in [-0.05, 0) is 30.2 Å². The summed E-state index contributed by atoms with van der Waals surface area (Å²) in [6.07, 6.45) is 0.601. The Morgan fingerprint density at radius 2 is 2.14 bits per heavy atom. The maximum Gasteiger partial charge on any atom is 0.416 e. The first kappa shape index (κ1) is 20.3. The highest BCUT2D eigenvalue weighted by atomic mass is 19.4. The lowest BCUT2D eigenvalue weighted by Crippen LogP contribution is -2.28. The van der Waals surface area contributed by atoms with Gasteiger partial charge in [-0.2, -0.15) is 13.2 Å². The van der Waals surface area contributed by atoms with E-state index in [1.807, 2.05) is 0 Å². The molecule has 1 aromatic rings. The number of ether oxygens (including phenoxy) is 1. The maximum atomic E-state index is 12.9. The van der Waals surface area contributed by atoms with E-state index in [1.165, 1.54) is 12.1 Å². The van der Waals surface area contributed by atoms with E-state index >= 15 is 0 Å². The van der Waals surface area contributed by atoms with Crippen molar-refractivity contribution in [2.45, 2.75) is 31.3 Å². The molecule has 2 heterocycles. The average Bonchev–Trinajstić information content (AvgIpc) is 3.09. The van der Waals surface area contributed by atoms with Crippen molar-refractivity contribution in [1.29, 1.82) is 0 Å². The van der Waals surface area contributed by atoms with Gasteiger partial charge >= 0.3 is 6.18 Å². The van der Waals surface area contributed by atoms with Crippen LogP contribution in [0.3, 0.4) is 0 Å². The number of carbonyl (C=O) groups excluding carboxylic acids is 1. The van der Waals surface area contributed by atoms with Gasteiger partial charge in [0.1, 0.15) is 0 Å². The third-order valence-electron chi connectivity index (χ3n) is 4.95. The summed E-state index contributed by atoms with van der Waals surface area (Å²) in [5, 5.41) is 0. The zero-order valence-electron chi connectivity index (χ0n) is 15.3. The summed E-state index contributed by atoms with van der Waals surface area (Å²) in [7, 11) is 0. The number of carbonyl (C=O) groups is 1. The fourth-order valence-electron chi connectivity index (χ4n) is 3.53. The Morgan fingerprint density at radius 1 is 1.32 bits per heavy atom. The highest BCUT2D eigenvalue weighted by molar-refractivity contribution is 6.16. The molecular formula is C20H22F3N3O2. The number of amides is 1. The fraction of sp³-hybridized carbons (Fsp3) is 0.450. The standard InChI is InChI=1S/C20H22F3N3O2/c1-2-19(27)26-11-15(9-17-10-24-6-7-25-17)18(12-26)28-13-14-4-3-5-16(8-14)20(21,22)23/h2-8,15,17-18H,1,9-13H2/t15-,17?,18-/m1/s1. The van der Waals surface area contributed by atoms with Crippen molar-refractivity contribution in [1.82, 2.24) is 4.90 Å². The number of benzene rings is 1. The van der Waals surface area contributed by atoms with E-state index in [0.717, 1.165) is 12.1 Å². The van der Waals surface area contributed by atoms with Crippen LogP contribution >= 0.6 is 0 Å². The predicted octanol–water partition coefficient (Wildman–Crippen LogP) is 3.15. The molecule has 8 heteroatoms. The van der Waals surface area contributed by atoms with E-state index in [1.54, 1.807) is 23.4 Å². The number of nitrogens with zero attached hydrogens (tertiary/aromatic N) is 3. The zero-order valence-corrected chi connectivity index (χ0v) is 15.3. The molecule has 0 aromatic heterocycles. The second-order valence-electron chi connectivity index (χ2n) is 6.96. The topological polar surface area (TPSA) is 54.3 Å². The molecule has 0 N–H and O–H groups in total. The van der Waals surface area contributed by atoms with Crippen LogP contribution in [0.2, 0.25) is 0 Å². The summed E-state index contributed by atoms with van der Waals surface area (Å²) in [6, 6.07) is 5.13. The van der Waals surface area contributed by atoms with E-state index in [4.69, 9.17) is 4.74 Å². The number of rotatable bonds is 6. The third kappa shape index (κ3) is 5.07. The van der Waals surface area contributed by atoms with Gasteiger partial charge in [-0.3, -0.25) is 14.8 Å². The Morgan fingerprint density at radius 3 is 2.82 bits per heavy atom. The van der Waals surface area contributed by atoms with Gasteiger partial charge in [0, 0.05) is 31.4 Å². The Hall–Kier alpha value is -2.48.